The van der Waals surface area contributed by atoms with Crippen LogP contribution in [0.1, 0.15) is 39.5 Å². The molecule has 110 valence electrons. The van der Waals surface area contributed by atoms with Crippen LogP contribution in [-0.2, 0) is 23.9 Å². The van der Waals surface area contributed by atoms with Crippen molar-refractivity contribution in [3.8, 4) is 6.07 Å². The van der Waals surface area contributed by atoms with Gasteiger partial charge in [0.25, 0.3) is 0 Å². The van der Waals surface area contributed by atoms with Gasteiger partial charge in [0.1, 0.15) is 5.78 Å². The molecule has 0 saturated heterocycles. The predicted molar refractivity (Wildman–Crippen MR) is 68.3 cm³/mol. The smallest absolute Gasteiger partial charge is 0.323 e. The van der Waals surface area contributed by atoms with Gasteiger partial charge in [-0.1, -0.05) is 0 Å². The standard InChI is InChI=1S/C14H19NO5/c1-3-19-12(17)14(13(18)20-4-2)8-10(6-5-7-15)11(16)9-14/h10H,3-6,8-9H2,1-2H3. The summed E-state index contributed by atoms with van der Waals surface area (Å²) < 4.78 is 9.88. The Bertz CT molecular complexity index is 419. The van der Waals surface area contributed by atoms with Crippen LogP contribution < -0.4 is 0 Å². The van der Waals surface area contributed by atoms with E-state index in [4.69, 9.17) is 14.7 Å². The number of hydrogen-bond donors (Lipinski definition) is 0. The molecule has 1 saturated carbocycles. The summed E-state index contributed by atoms with van der Waals surface area (Å²) in [6.45, 7) is 3.55. The largest absolute Gasteiger partial charge is 0.465 e. The molecule has 0 aromatic carbocycles. The van der Waals surface area contributed by atoms with Crippen molar-refractivity contribution in [2.75, 3.05) is 13.2 Å². The molecule has 0 heterocycles. The van der Waals surface area contributed by atoms with E-state index >= 15 is 0 Å². The minimum absolute atomic E-state index is 0.0746. The third-order valence-corrected chi connectivity index (χ3v) is 3.46. The summed E-state index contributed by atoms with van der Waals surface area (Å²) in [4.78, 5) is 36.2. The maximum atomic E-state index is 12.1. The predicted octanol–water partition coefficient (Wildman–Crippen LogP) is 1.38. The third-order valence-electron chi connectivity index (χ3n) is 3.46. The third kappa shape index (κ3) is 3.16. The Hall–Kier alpha value is -1.90. The molecule has 0 N–H and O–H groups in total. The lowest BCUT2D eigenvalue weighted by atomic mass is 9.84. The molecule has 1 aliphatic rings. The number of carbonyl (C=O) groups is 3. The van der Waals surface area contributed by atoms with Crippen LogP contribution in [0.5, 0.6) is 0 Å². The molecular formula is C14H19NO5. The average molecular weight is 281 g/mol. The van der Waals surface area contributed by atoms with Gasteiger partial charge in [-0.2, -0.15) is 5.26 Å². The molecule has 0 aliphatic heterocycles. The van der Waals surface area contributed by atoms with Crippen molar-refractivity contribution in [3.05, 3.63) is 0 Å². The van der Waals surface area contributed by atoms with Crippen LogP contribution in [0, 0.1) is 22.7 Å². The Labute approximate surface area is 118 Å². The van der Waals surface area contributed by atoms with Crippen LogP contribution in [0.3, 0.4) is 0 Å². The number of nitriles is 1. The van der Waals surface area contributed by atoms with Gasteiger partial charge in [0.2, 0.25) is 0 Å². The van der Waals surface area contributed by atoms with Crippen LogP contribution in [0.4, 0.5) is 0 Å². The number of rotatable bonds is 6. The van der Waals surface area contributed by atoms with Crippen molar-refractivity contribution in [2.24, 2.45) is 11.3 Å². The monoisotopic (exact) mass is 281 g/mol. The second-order valence-electron chi connectivity index (χ2n) is 4.76. The highest BCUT2D eigenvalue weighted by atomic mass is 16.6. The summed E-state index contributed by atoms with van der Waals surface area (Å²) in [6.07, 6.45) is 0.458. The minimum Gasteiger partial charge on any atom is -0.465 e. The Balaban J connectivity index is 2.97. The molecule has 0 spiro atoms. The van der Waals surface area contributed by atoms with E-state index < -0.39 is 23.3 Å². The van der Waals surface area contributed by atoms with Crippen LogP contribution in [0.2, 0.25) is 0 Å². The molecule has 1 rings (SSSR count). The topological polar surface area (TPSA) is 93.5 Å². The molecule has 0 aromatic rings. The number of Topliss-reactive ketones (excluding diaryl/α,β-unsaturated/α-hetero) is 1. The Kier molecular flexibility index (Phi) is 5.68. The maximum absolute atomic E-state index is 12.1. The van der Waals surface area contributed by atoms with E-state index in [0.29, 0.717) is 6.42 Å². The van der Waals surface area contributed by atoms with E-state index in [1.165, 1.54) is 0 Å². The molecule has 0 aromatic heterocycles. The van der Waals surface area contributed by atoms with Crippen molar-refractivity contribution in [1.29, 1.82) is 5.26 Å². The summed E-state index contributed by atoms with van der Waals surface area (Å²) in [7, 11) is 0. The SMILES string of the molecule is CCOC(=O)C1(C(=O)OCC)CC(=O)C(CCC#N)C1. The highest BCUT2D eigenvalue weighted by Crippen LogP contribution is 2.43. The molecule has 6 heteroatoms. The molecular weight excluding hydrogens is 262 g/mol. The molecule has 1 aliphatic carbocycles. The first kappa shape index (κ1) is 16.2. The summed E-state index contributed by atoms with van der Waals surface area (Å²) >= 11 is 0. The summed E-state index contributed by atoms with van der Waals surface area (Å²) in [5.74, 6) is -2.04. The fourth-order valence-electron chi connectivity index (χ4n) is 2.48. The fraction of sp³-hybridized carbons (Fsp3) is 0.714. The molecule has 6 nitrogen and oxygen atoms in total. The van der Waals surface area contributed by atoms with Crippen molar-refractivity contribution in [2.45, 2.75) is 39.5 Å². The Morgan fingerprint density at radius 1 is 1.30 bits per heavy atom. The zero-order valence-corrected chi connectivity index (χ0v) is 11.8. The molecule has 1 unspecified atom stereocenters. The zero-order chi connectivity index (χ0) is 15.2. The summed E-state index contributed by atoms with van der Waals surface area (Å²) in [5.41, 5.74) is -1.52. The van der Waals surface area contributed by atoms with Crippen LogP contribution in [-0.4, -0.2) is 30.9 Å². The van der Waals surface area contributed by atoms with Gasteiger partial charge in [0.05, 0.1) is 19.3 Å². The van der Waals surface area contributed by atoms with E-state index in [1.807, 2.05) is 6.07 Å². The Morgan fingerprint density at radius 2 is 1.85 bits per heavy atom. The first-order valence-electron chi connectivity index (χ1n) is 6.76. The van der Waals surface area contributed by atoms with E-state index in [9.17, 15) is 14.4 Å². The molecule has 0 bridgehead atoms. The van der Waals surface area contributed by atoms with Gasteiger partial charge in [0.15, 0.2) is 5.41 Å². The van der Waals surface area contributed by atoms with Crippen molar-refractivity contribution in [3.63, 3.8) is 0 Å². The summed E-state index contributed by atoms with van der Waals surface area (Å²) in [5, 5.41) is 8.59. The second kappa shape index (κ2) is 7.04. The van der Waals surface area contributed by atoms with Gasteiger partial charge in [0, 0.05) is 18.8 Å². The fourth-order valence-corrected chi connectivity index (χ4v) is 2.48. The second-order valence-corrected chi connectivity index (χ2v) is 4.76. The minimum atomic E-state index is -1.52. The quantitative estimate of drug-likeness (QED) is 0.539. The number of ether oxygens (including phenoxy) is 2. The van der Waals surface area contributed by atoms with E-state index in [-0.39, 0.29) is 38.3 Å². The molecule has 1 fully saturated rings. The maximum Gasteiger partial charge on any atom is 0.323 e. The number of ketones is 1. The molecule has 0 amide bonds. The lowest BCUT2D eigenvalue weighted by Crippen LogP contribution is -2.40. The first-order chi connectivity index (χ1) is 9.51. The Morgan fingerprint density at radius 3 is 2.30 bits per heavy atom. The van der Waals surface area contributed by atoms with Gasteiger partial charge < -0.3 is 9.47 Å². The van der Waals surface area contributed by atoms with Crippen molar-refractivity contribution < 1.29 is 23.9 Å². The molecule has 1 atom stereocenters. The van der Waals surface area contributed by atoms with Gasteiger partial charge >= 0.3 is 11.9 Å². The van der Waals surface area contributed by atoms with Gasteiger partial charge in [-0.25, -0.2) is 0 Å². The van der Waals surface area contributed by atoms with Crippen LogP contribution in [0.15, 0.2) is 0 Å². The first-order valence-corrected chi connectivity index (χ1v) is 6.76. The number of esters is 2. The highest BCUT2D eigenvalue weighted by molar-refractivity contribution is 6.07. The van der Waals surface area contributed by atoms with Crippen molar-refractivity contribution in [1.82, 2.24) is 0 Å². The lowest BCUT2D eigenvalue weighted by molar-refractivity contribution is -0.172. The van der Waals surface area contributed by atoms with Gasteiger partial charge in [-0.3, -0.25) is 14.4 Å². The normalized spacial score (nSPS) is 20.2. The van der Waals surface area contributed by atoms with Crippen LogP contribution >= 0.6 is 0 Å². The van der Waals surface area contributed by atoms with E-state index in [0.717, 1.165) is 0 Å². The number of carbonyl (C=O) groups excluding carboxylic acids is 3. The highest BCUT2D eigenvalue weighted by Gasteiger charge is 2.57. The number of hydrogen-bond acceptors (Lipinski definition) is 6. The van der Waals surface area contributed by atoms with Gasteiger partial charge in [-0.15, -0.1) is 0 Å². The van der Waals surface area contributed by atoms with E-state index in [1.54, 1.807) is 13.8 Å². The number of nitrogens with zero attached hydrogens (tertiary/aromatic N) is 1. The zero-order valence-electron chi connectivity index (χ0n) is 11.8. The lowest BCUT2D eigenvalue weighted by Gasteiger charge is -2.23. The van der Waals surface area contributed by atoms with Crippen molar-refractivity contribution >= 4 is 17.7 Å². The molecule has 20 heavy (non-hydrogen) atoms. The van der Waals surface area contributed by atoms with E-state index in [2.05, 4.69) is 0 Å². The molecule has 0 radical (unpaired) electrons. The van der Waals surface area contributed by atoms with Crippen LogP contribution in [0.25, 0.3) is 0 Å². The average Bonchev–Trinajstić information content (AvgIpc) is 2.75. The van der Waals surface area contributed by atoms with Gasteiger partial charge in [-0.05, 0) is 26.7 Å². The summed E-state index contributed by atoms with van der Waals surface area (Å²) in [6, 6.07) is 1.97.